The van der Waals surface area contributed by atoms with E-state index >= 15 is 0 Å². The summed E-state index contributed by atoms with van der Waals surface area (Å²) >= 11 is 0. The van der Waals surface area contributed by atoms with Crippen LogP contribution in [0.25, 0.3) is 0 Å². The van der Waals surface area contributed by atoms with E-state index in [0.717, 1.165) is 71.6 Å². The predicted molar refractivity (Wildman–Crippen MR) is 79.5 cm³/mol. The van der Waals surface area contributed by atoms with Gasteiger partial charge in [0.05, 0.1) is 12.1 Å². The molecule has 1 aliphatic carbocycles. The van der Waals surface area contributed by atoms with Crippen molar-refractivity contribution in [3.63, 3.8) is 0 Å². The Labute approximate surface area is 122 Å². The summed E-state index contributed by atoms with van der Waals surface area (Å²) in [6.07, 6.45) is 5.12. The van der Waals surface area contributed by atoms with Crippen molar-refractivity contribution in [2.45, 2.75) is 44.6 Å². The molecule has 116 valence electrons. The van der Waals surface area contributed by atoms with Gasteiger partial charge in [-0.2, -0.15) is 0 Å². The molecule has 0 unspecified atom stereocenters. The summed E-state index contributed by atoms with van der Waals surface area (Å²) in [7, 11) is 0. The summed E-state index contributed by atoms with van der Waals surface area (Å²) in [5.41, 5.74) is 5.76. The molecule has 0 spiro atoms. The summed E-state index contributed by atoms with van der Waals surface area (Å²) in [6, 6.07) is 0. The molecule has 20 heavy (non-hydrogen) atoms. The molecule has 0 atom stereocenters. The molecule has 1 amide bonds. The lowest BCUT2D eigenvalue weighted by Gasteiger charge is -2.41. The molecule has 2 fully saturated rings. The molecule has 1 saturated heterocycles. The van der Waals surface area contributed by atoms with E-state index in [-0.39, 0.29) is 5.91 Å². The Hall–Kier alpha value is -0.650. The normalized spacial score (nSPS) is 23.8. The highest BCUT2D eigenvalue weighted by Crippen LogP contribution is 2.28. The van der Waals surface area contributed by atoms with Crippen molar-refractivity contribution in [1.82, 2.24) is 9.80 Å². The molecule has 0 aromatic heterocycles. The smallest absolute Gasteiger partial charge is 0.242 e. The van der Waals surface area contributed by atoms with E-state index in [9.17, 15) is 4.79 Å². The summed E-state index contributed by atoms with van der Waals surface area (Å²) in [6.45, 7) is 8.03. The molecule has 0 radical (unpaired) electrons. The van der Waals surface area contributed by atoms with E-state index in [0.29, 0.717) is 0 Å². The van der Waals surface area contributed by atoms with Crippen molar-refractivity contribution >= 4 is 5.91 Å². The zero-order chi connectivity index (χ0) is 14.4. The molecule has 2 aliphatic rings. The summed E-state index contributed by atoms with van der Waals surface area (Å²) < 4.78 is 5.38. The second kappa shape index (κ2) is 7.38. The first kappa shape index (κ1) is 15.7. The molecular formula is C15H29N3O2. The first-order valence-electron chi connectivity index (χ1n) is 8.04. The van der Waals surface area contributed by atoms with E-state index in [4.69, 9.17) is 10.5 Å². The van der Waals surface area contributed by atoms with Crippen LogP contribution in [0.4, 0.5) is 0 Å². The van der Waals surface area contributed by atoms with Crippen molar-refractivity contribution in [2.75, 3.05) is 45.9 Å². The van der Waals surface area contributed by atoms with Crippen LogP contribution in [0.1, 0.15) is 39.0 Å². The Morgan fingerprint density at radius 3 is 2.40 bits per heavy atom. The number of piperazine rings is 1. The molecule has 0 bridgehead atoms. The van der Waals surface area contributed by atoms with E-state index in [2.05, 4.69) is 4.90 Å². The van der Waals surface area contributed by atoms with Gasteiger partial charge >= 0.3 is 0 Å². The standard InChI is InChI=1S/C15H29N3O2/c1-2-20-13-12-17-8-10-18(11-9-17)14(19)15(16)6-4-3-5-7-15/h2-13,16H2,1H3. The van der Waals surface area contributed by atoms with Gasteiger partial charge in [-0.1, -0.05) is 19.3 Å². The maximum absolute atomic E-state index is 12.6. The molecule has 1 aliphatic heterocycles. The third-order valence-corrected chi connectivity index (χ3v) is 4.59. The largest absolute Gasteiger partial charge is 0.380 e. The molecule has 1 heterocycles. The molecule has 2 N–H and O–H groups in total. The quantitative estimate of drug-likeness (QED) is 0.759. The fourth-order valence-electron chi connectivity index (χ4n) is 3.22. The molecule has 0 aromatic carbocycles. The van der Waals surface area contributed by atoms with Crippen molar-refractivity contribution in [3.8, 4) is 0 Å². The second-order valence-electron chi connectivity index (χ2n) is 6.05. The van der Waals surface area contributed by atoms with Crippen LogP contribution < -0.4 is 5.73 Å². The highest BCUT2D eigenvalue weighted by molar-refractivity contribution is 5.86. The molecule has 0 aromatic rings. The maximum atomic E-state index is 12.6. The highest BCUT2D eigenvalue weighted by Gasteiger charge is 2.39. The number of hydrogen-bond donors (Lipinski definition) is 1. The van der Waals surface area contributed by atoms with Crippen molar-refractivity contribution in [1.29, 1.82) is 0 Å². The molecule has 5 nitrogen and oxygen atoms in total. The lowest BCUT2D eigenvalue weighted by Crippen LogP contribution is -2.60. The van der Waals surface area contributed by atoms with E-state index < -0.39 is 5.54 Å². The van der Waals surface area contributed by atoms with Gasteiger partial charge in [-0.25, -0.2) is 0 Å². The predicted octanol–water partition coefficient (Wildman–Crippen LogP) is 0.829. The number of carbonyl (C=O) groups is 1. The Balaban J connectivity index is 1.76. The van der Waals surface area contributed by atoms with Gasteiger partial charge in [0.1, 0.15) is 0 Å². The Kier molecular flexibility index (Phi) is 5.81. The minimum Gasteiger partial charge on any atom is -0.380 e. The van der Waals surface area contributed by atoms with Gasteiger partial charge in [0, 0.05) is 39.3 Å². The number of ether oxygens (including phenoxy) is 1. The van der Waals surface area contributed by atoms with E-state index in [1.807, 2.05) is 11.8 Å². The Morgan fingerprint density at radius 2 is 1.80 bits per heavy atom. The lowest BCUT2D eigenvalue weighted by atomic mass is 9.81. The van der Waals surface area contributed by atoms with Gasteiger partial charge in [-0.3, -0.25) is 9.69 Å². The van der Waals surface area contributed by atoms with Crippen molar-refractivity contribution < 1.29 is 9.53 Å². The average Bonchev–Trinajstić information content (AvgIpc) is 2.48. The Morgan fingerprint density at radius 1 is 1.15 bits per heavy atom. The summed E-state index contributed by atoms with van der Waals surface area (Å²) in [5.74, 6) is 0.182. The fraction of sp³-hybridized carbons (Fsp3) is 0.933. The SMILES string of the molecule is CCOCCN1CCN(C(=O)C2(N)CCCCC2)CC1. The van der Waals surface area contributed by atoms with E-state index in [1.54, 1.807) is 0 Å². The number of rotatable bonds is 5. The Bertz CT molecular complexity index is 308. The van der Waals surface area contributed by atoms with Gasteiger partial charge in [-0.15, -0.1) is 0 Å². The average molecular weight is 283 g/mol. The van der Waals surface area contributed by atoms with Crippen LogP contribution in [0, 0.1) is 0 Å². The van der Waals surface area contributed by atoms with Crippen molar-refractivity contribution in [2.24, 2.45) is 5.73 Å². The highest BCUT2D eigenvalue weighted by atomic mass is 16.5. The topological polar surface area (TPSA) is 58.8 Å². The van der Waals surface area contributed by atoms with Gasteiger partial charge in [-0.05, 0) is 19.8 Å². The van der Waals surface area contributed by atoms with Crippen LogP contribution in [-0.2, 0) is 9.53 Å². The van der Waals surface area contributed by atoms with Crippen LogP contribution in [0.2, 0.25) is 0 Å². The van der Waals surface area contributed by atoms with E-state index in [1.165, 1.54) is 6.42 Å². The number of carbonyl (C=O) groups excluding carboxylic acids is 1. The molecule has 1 saturated carbocycles. The minimum atomic E-state index is -0.578. The fourth-order valence-corrected chi connectivity index (χ4v) is 3.22. The molecule has 5 heteroatoms. The first-order chi connectivity index (χ1) is 9.65. The molecular weight excluding hydrogens is 254 g/mol. The number of hydrogen-bond acceptors (Lipinski definition) is 4. The zero-order valence-electron chi connectivity index (χ0n) is 12.8. The van der Waals surface area contributed by atoms with Gasteiger partial charge in [0.25, 0.3) is 0 Å². The summed E-state index contributed by atoms with van der Waals surface area (Å²) in [5, 5.41) is 0. The van der Waals surface area contributed by atoms with Crippen LogP contribution in [0.5, 0.6) is 0 Å². The third-order valence-electron chi connectivity index (χ3n) is 4.59. The monoisotopic (exact) mass is 283 g/mol. The van der Waals surface area contributed by atoms with Crippen LogP contribution >= 0.6 is 0 Å². The van der Waals surface area contributed by atoms with Crippen molar-refractivity contribution in [3.05, 3.63) is 0 Å². The maximum Gasteiger partial charge on any atom is 0.242 e. The van der Waals surface area contributed by atoms with Crippen LogP contribution in [0.15, 0.2) is 0 Å². The zero-order valence-corrected chi connectivity index (χ0v) is 12.8. The summed E-state index contributed by atoms with van der Waals surface area (Å²) in [4.78, 5) is 16.9. The van der Waals surface area contributed by atoms with Crippen LogP contribution in [0.3, 0.4) is 0 Å². The number of nitrogens with two attached hydrogens (primary N) is 1. The number of nitrogens with zero attached hydrogens (tertiary/aromatic N) is 2. The minimum absolute atomic E-state index is 0.182. The second-order valence-corrected chi connectivity index (χ2v) is 6.05. The first-order valence-corrected chi connectivity index (χ1v) is 8.04. The van der Waals surface area contributed by atoms with Crippen LogP contribution in [-0.4, -0.2) is 67.2 Å². The molecule has 2 rings (SSSR count). The van der Waals surface area contributed by atoms with Gasteiger partial charge in [0.15, 0.2) is 0 Å². The van der Waals surface area contributed by atoms with Gasteiger partial charge < -0.3 is 15.4 Å². The third kappa shape index (κ3) is 3.93. The number of amides is 1. The van der Waals surface area contributed by atoms with Gasteiger partial charge in [0.2, 0.25) is 5.91 Å². The lowest BCUT2D eigenvalue weighted by molar-refractivity contribution is -0.140.